The van der Waals surface area contributed by atoms with Crippen molar-refractivity contribution >= 4 is 22.9 Å². The summed E-state index contributed by atoms with van der Waals surface area (Å²) in [4.78, 5) is 21.6. The van der Waals surface area contributed by atoms with Gasteiger partial charge in [-0.1, -0.05) is 0 Å². The molecule has 0 aliphatic carbocycles. The molecule has 1 saturated heterocycles. The summed E-state index contributed by atoms with van der Waals surface area (Å²) < 4.78 is 7.25. The number of anilines is 1. The average Bonchev–Trinajstić information content (AvgIpc) is 3.28. The third-order valence-corrected chi connectivity index (χ3v) is 4.30. The highest BCUT2D eigenvalue weighted by Gasteiger charge is 2.23. The third kappa shape index (κ3) is 2.76. The molecule has 9 heteroatoms. The molecule has 130 valence electrons. The van der Waals surface area contributed by atoms with Crippen LogP contribution in [0.25, 0.3) is 11.0 Å². The predicted octanol–water partition coefficient (Wildman–Crippen LogP) is 1.81. The van der Waals surface area contributed by atoms with Gasteiger partial charge in [0.15, 0.2) is 11.5 Å². The number of nitrogens with zero attached hydrogens (tertiary/aromatic N) is 5. The lowest BCUT2D eigenvalue weighted by Crippen LogP contribution is -2.14. The van der Waals surface area contributed by atoms with Crippen LogP contribution < -0.4 is 5.32 Å². The molecule has 1 aliphatic rings. The summed E-state index contributed by atoms with van der Waals surface area (Å²) in [5.74, 6) is 0.588. The van der Waals surface area contributed by atoms with Gasteiger partial charge in [-0.25, -0.2) is 4.98 Å². The zero-order valence-corrected chi connectivity index (χ0v) is 14.3. The van der Waals surface area contributed by atoms with Crippen molar-refractivity contribution in [3.8, 4) is 0 Å². The summed E-state index contributed by atoms with van der Waals surface area (Å²) in [6, 6.07) is 1.75. The maximum absolute atomic E-state index is 12.8. The summed E-state index contributed by atoms with van der Waals surface area (Å²) in [6.45, 7) is 4.43. The molecule has 0 aromatic carbocycles. The topological polar surface area (TPSA) is 111 Å². The SMILES string of the molecule is Cc1cc(C(=O)Nc2n[nH]c([C@@H]3CCCO3)n2)c2c(C)nn(C)c2n1. The molecule has 0 radical (unpaired) electrons. The number of fused-ring (bicyclic) bond motifs is 1. The Bertz CT molecular complexity index is 953. The highest BCUT2D eigenvalue weighted by molar-refractivity contribution is 6.12. The van der Waals surface area contributed by atoms with E-state index in [4.69, 9.17) is 4.74 Å². The Balaban J connectivity index is 1.64. The number of nitrogens with one attached hydrogen (secondary N) is 2. The smallest absolute Gasteiger partial charge is 0.258 e. The molecule has 1 atom stereocenters. The first-order chi connectivity index (χ1) is 12.0. The fraction of sp³-hybridized carbons (Fsp3) is 0.438. The minimum absolute atomic E-state index is 0.0754. The van der Waals surface area contributed by atoms with Crippen molar-refractivity contribution in [2.45, 2.75) is 32.8 Å². The van der Waals surface area contributed by atoms with Crippen LogP contribution in [0.2, 0.25) is 0 Å². The molecule has 1 amide bonds. The number of carbonyl (C=O) groups excluding carboxylic acids is 1. The van der Waals surface area contributed by atoms with E-state index in [1.54, 1.807) is 10.7 Å². The van der Waals surface area contributed by atoms with Crippen molar-refractivity contribution in [2.75, 3.05) is 11.9 Å². The third-order valence-electron chi connectivity index (χ3n) is 4.30. The fourth-order valence-electron chi connectivity index (χ4n) is 3.19. The van der Waals surface area contributed by atoms with E-state index in [0.29, 0.717) is 17.0 Å². The van der Waals surface area contributed by atoms with E-state index >= 15 is 0 Å². The lowest BCUT2D eigenvalue weighted by Gasteiger charge is -2.05. The number of hydrogen-bond acceptors (Lipinski definition) is 6. The lowest BCUT2D eigenvalue weighted by molar-refractivity contribution is 0.102. The van der Waals surface area contributed by atoms with Crippen LogP contribution in [0, 0.1) is 13.8 Å². The number of ether oxygens (including phenoxy) is 1. The number of H-pyrrole nitrogens is 1. The molecule has 3 aromatic rings. The standard InChI is InChI=1S/C16H19N7O2/c1-8-7-10(12-9(2)22-23(3)14(12)17-8)15(24)19-16-18-13(20-21-16)11-5-4-6-25-11/h7,11H,4-6H2,1-3H3,(H2,18,19,20,21,24)/t11-/m0/s1. The average molecular weight is 341 g/mol. The molecular weight excluding hydrogens is 322 g/mol. The predicted molar refractivity (Wildman–Crippen MR) is 90.2 cm³/mol. The summed E-state index contributed by atoms with van der Waals surface area (Å²) in [7, 11) is 1.81. The Morgan fingerprint density at radius 1 is 1.40 bits per heavy atom. The highest BCUT2D eigenvalue weighted by atomic mass is 16.5. The van der Waals surface area contributed by atoms with Crippen molar-refractivity contribution in [3.05, 3.63) is 28.8 Å². The second kappa shape index (κ2) is 5.92. The zero-order valence-electron chi connectivity index (χ0n) is 14.3. The van der Waals surface area contributed by atoms with Gasteiger partial charge in [-0.3, -0.25) is 19.9 Å². The Hall–Kier alpha value is -2.81. The molecule has 4 heterocycles. The van der Waals surface area contributed by atoms with Crippen LogP contribution in [0.1, 0.15) is 46.5 Å². The van der Waals surface area contributed by atoms with Crippen LogP contribution in [0.5, 0.6) is 0 Å². The molecule has 0 unspecified atom stereocenters. The van der Waals surface area contributed by atoms with Crippen LogP contribution in [0.4, 0.5) is 5.95 Å². The number of aromatic amines is 1. The van der Waals surface area contributed by atoms with Gasteiger partial charge >= 0.3 is 0 Å². The second-order valence-corrected chi connectivity index (χ2v) is 6.22. The number of rotatable bonds is 3. The first kappa shape index (κ1) is 15.7. The van der Waals surface area contributed by atoms with Gasteiger partial charge < -0.3 is 4.74 Å². The van der Waals surface area contributed by atoms with Crippen molar-refractivity contribution in [1.82, 2.24) is 29.9 Å². The second-order valence-electron chi connectivity index (χ2n) is 6.22. The Morgan fingerprint density at radius 3 is 3.00 bits per heavy atom. The van der Waals surface area contributed by atoms with E-state index in [-0.39, 0.29) is 18.0 Å². The maximum atomic E-state index is 12.8. The van der Waals surface area contributed by atoms with E-state index in [9.17, 15) is 4.79 Å². The quantitative estimate of drug-likeness (QED) is 0.751. The van der Waals surface area contributed by atoms with Crippen molar-refractivity contribution in [1.29, 1.82) is 0 Å². The van der Waals surface area contributed by atoms with E-state index < -0.39 is 0 Å². The van der Waals surface area contributed by atoms with Gasteiger partial charge in [0.25, 0.3) is 5.91 Å². The maximum Gasteiger partial charge on any atom is 0.258 e. The highest BCUT2D eigenvalue weighted by Crippen LogP contribution is 2.26. The lowest BCUT2D eigenvalue weighted by atomic mass is 10.1. The molecular formula is C16H19N7O2. The summed E-state index contributed by atoms with van der Waals surface area (Å²) in [5.41, 5.74) is 2.69. The largest absolute Gasteiger partial charge is 0.370 e. The first-order valence-corrected chi connectivity index (χ1v) is 8.19. The Labute approximate surface area is 143 Å². The molecule has 9 nitrogen and oxygen atoms in total. The first-order valence-electron chi connectivity index (χ1n) is 8.19. The number of aromatic nitrogens is 6. The number of pyridine rings is 1. The molecule has 4 rings (SSSR count). The van der Waals surface area contributed by atoms with Crippen LogP contribution in [-0.4, -0.2) is 42.5 Å². The van der Waals surface area contributed by atoms with Crippen molar-refractivity contribution < 1.29 is 9.53 Å². The minimum atomic E-state index is -0.288. The van der Waals surface area contributed by atoms with Gasteiger partial charge in [-0.15, -0.1) is 5.10 Å². The van der Waals surface area contributed by atoms with Crippen molar-refractivity contribution in [2.24, 2.45) is 7.05 Å². The summed E-state index contributed by atoms with van der Waals surface area (Å²) in [5, 5.41) is 14.8. The van der Waals surface area contributed by atoms with Gasteiger partial charge in [-0.05, 0) is 32.8 Å². The van der Waals surface area contributed by atoms with Gasteiger partial charge in [0.2, 0.25) is 5.95 Å². The molecule has 0 saturated carbocycles. The van der Waals surface area contributed by atoms with Gasteiger partial charge in [0.1, 0.15) is 6.10 Å². The molecule has 0 spiro atoms. The number of aryl methyl sites for hydroxylation is 3. The van der Waals surface area contributed by atoms with Gasteiger partial charge in [-0.2, -0.15) is 10.1 Å². The van der Waals surface area contributed by atoms with Crippen LogP contribution in [0.3, 0.4) is 0 Å². The van der Waals surface area contributed by atoms with Crippen LogP contribution >= 0.6 is 0 Å². The number of carbonyl (C=O) groups is 1. The Morgan fingerprint density at radius 2 is 2.24 bits per heavy atom. The van der Waals surface area contributed by atoms with Gasteiger partial charge in [0, 0.05) is 19.3 Å². The number of amides is 1. The molecule has 25 heavy (non-hydrogen) atoms. The Kier molecular flexibility index (Phi) is 3.72. The van der Waals surface area contributed by atoms with Crippen LogP contribution in [-0.2, 0) is 11.8 Å². The molecule has 3 aromatic heterocycles. The molecule has 0 bridgehead atoms. The molecule has 1 fully saturated rings. The van der Waals surface area contributed by atoms with Crippen LogP contribution in [0.15, 0.2) is 6.07 Å². The zero-order chi connectivity index (χ0) is 17.6. The van der Waals surface area contributed by atoms with Crippen molar-refractivity contribution in [3.63, 3.8) is 0 Å². The minimum Gasteiger partial charge on any atom is -0.370 e. The number of hydrogen-bond donors (Lipinski definition) is 2. The molecule has 1 aliphatic heterocycles. The van der Waals surface area contributed by atoms with E-state index in [1.807, 2.05) is 20.9 Å². The fourth-order valence-corrected chi connectivity index (χ4v) is 3.19. The summed E-state index contributed by atoms with van der Waals surface area (Å²) >= 11 is 0. The van der Waals surface area contributed by atoms with E-state index in [1.165, 1.54) is 0 Å². The monoisotopic (exact) mass is 341 g/mol. The van der Waals surface area contributed by atoms with Gasteiger partial charge in [0.05, 0.1) is 16.6 Å². The van der Waals surface area contributed by atoms with E-state index in [0.717, 1.165) is 36.2 Å². The summed E-state index contributed by atoms with van der Waals surface area (Å²) in [6.07, 6.45) is 1.83. The normalized spacial score (nSPS) is 17.3. The van der Waals surface area contributed by atoms with E-state index in [2.05, 4.69) is 30.6 Å². The molecule has 2 N–H and O–H groups in total.